The third kappa shape index (κ3) is 3.32. The minimum Gasteiger partial charge on any atom is -0.454 e. The second kappa shape index (κ2) is 6.62. The standard InChI is InChI=1S/C18H18N2O4/c1-12-5-3-4-6-15(12)20(13(2)21)10-18(22)19-14-7-8-16-17(9-14)24-11-23-16/h3-9H,10-11H2,1-2H3,(H,19,22). The van der Waals surface area contributed by atoms with Crippen molar-refractivity contribution in [1.82, 2.24) is 0 Å². The average molecular weight is 326 g/mol. The molecule has 0 spiro atoms. The second-order valence-corrected chi connectivity index (χ2v) is 5.51. The summed E-state index contributed by atoms with van der Waals surface area (Å²) in [7, 11) is 0. The fourth-order valence-corrected chi connectivity index (χ4v) is 2.55. The predicted octanol–water partition coefficient (Wildman–Crippen LogP) is 2.72. The van der Waals surface area contributed by atoms with Gasteiger partial charge in [0.15, 0.2) is 11.5 Å². The van der Waals surface area contributed by atoms with Crippen molar-refractivity contribution < 1.29 is 19.1 Å². The Labute approximate surface area is 140 Å². The van der Waals surface area contributed by atoms with E-state index < -0.39 is 0 Å². The van der Waals surface area contributed by atoms with Crippen LogP contribution in [0.3, 0.4) is 0 Å². The molecule has 1 N–H and O–H groups in total. The Balaban J connectivity index is 1.72. The molecule has 24 heavy (non-hydrogen) atoms. The summed E-state index contributed by atoms with van der Waals surface area (Å²) in [5.41, 5.74) is 2.26. The van der Waals surface area contributed by atoms with Crippen LogP contribution in [0.2, 0.25) is 0 Å². The van der Waals surface area contributed by atoms with Crippen molar-refractivity contribution in [2.24, 2.45) is 0 Å². The van der Waals surface area contributed by atoms with Crippen molar-refractivity contribution in [2.45, 2.75) is 13.8 Å². The van der Waals surface area contributed by atoms with Gasteiger partial charge in [0.25, 0.3) is 0 Å². The zero-order valence-electron chi connectivity index (χ0n) is 13.5. The van der Waals surface area contributed by atoms with Gasteiger partial charge in [0.05, 0.1) is 0 Å². The summed E-state index contributed by atoms with van der Waals surface area (Å²) in [4.78, 5) is 25.7. The third-order valence-corrected chi connectivity index (χ3v) is 3.74. The highest BCUT2D eigenvalue weighted by Crippen LogP contribution is 2.34. The normalized spacial score (nSPS) is 11.9. The number of carbonyl (C=O) groups excluding carboxylic acids is 2. The lowest BCUT2D eigenvalue weighted by Crippen LogP contribution is -2.37. The molecule has 1 aliphatic rings. The lowest BCUT2D eigenvalue weighted by atomic mass is 10.2. The molecule has 0 unspecified atom stereocenters. The molecule has 6 nitrogen and oxygen atoms in total. The molecular formula is C18H18N2O4. The van der Waals surface area contributed by atoms with Crippen LogP contribution in [0.15, 0.2) is 42.5 Å². The Hall–Kier alpha value is -3.02. The van der Waals surface area contributed by atoms with Crippen molar-refractivity contribution in [2.75, 3.05) is 23.6 Å². The highest BCUT2D eigenvalue weighted by Gasteiger charge is 2.18. The Morgan fingerprint density at radius 1 is 1.12 bits per heavy atom. The fourth-order valence-electron chi connectivity index (χ4n) is 2.55. The molecule has 124 valence electrons. The van der Waals surface area contributed by atoms with Gasteiger partial charge >= 0.3 is 0 Å². The Morgan fingerprint density at radius 3 is 2.62 bits per heavy atom. The highest BCUT2D eigenvalue weighted by atomic mass is 16.7. The number of amides is 2. The van der Waals surface area contributed by atoms with Crippen LogP contribution in [0.5, 0.6) is 11.5 Å². The Kier molecular flexibility index (Phi) is 4.37. The van der Waals surface area contributed by atoms with E-state index in [0.29, 0.717) is 17.2 Å². The maximum atomic E-state index is 12.3. The first-order chi connectivity index (χ1) is 11.5. The minimum atomic E-state index is -0.285. The molecule has 1 heterocycles. The number of hydrogen-bond acceptors (Lipinski definition) is 4. The Bertz CT molecular complexity index is 788. The van der Waals surface area contributed by atoms with Gasteiger partial charge in [-0.1, -0.05) is 18.2 Å². The number of nitrogens with one attached hydrogen (secondary N) is 1. The number of nitrogens with zero attached hydrogens (tertiary/aromatic N) is 1. The number of ether oxygens (including phenoxy) is 2. The fraction of sp³-hybridized carbons (Fsp3) is 0.222. The van der Waals surface area contributed by atoms with Gasteiger partial charge in [-0.15, -0.1) is 0 Å². The first-order valence-electron chi connectivity index (χ1n) is 7.58. The molecule has 0 aromatic heterocycles. The number of anilines is 2. The van der Waals surface area contributed by atoms with Crippen LogP contribution in [0.1, 0.15) is 12.5 Å². The molecule has 0 radical (unpaired) electrons. The first kappa shape index (κ1) is 15.9. The molecule has 6 heteroatoms. The lowest BCUT2D eigenvalue weighted by Gasteiger charge is -2.22. The zero-order valence-corrected chi connectivity index (χ0v) is 13.5. The van der Waals surface area contributed by atoms with Gasteiger partial charge in [-0.2, -0.15) is 0 Å². The number of hydrogen-bond donors (Lipinski definition) is 1. The van der Waals surface area contributed by atoms with Gasteiger partial charge in [0.1, 0.15) is 6.54 Å². The van der Waals surface area contributed by atoms with Gasteiger partial charge in [0, 0.05) is 24.4 Å². The van der Waals surface area contributed by atoms with Gasteiger partial charge in [-0.25, -0.2) is 0 Å². The van der Waals surface area contributed by atoms with Gasteiger partial charge in [-0.3, -0.25) is 9.59 Å². The quantitative estimate of drug-likeness (QED) is 0.938. The van der Waals surface area contributed by atoms with Crippen LogP contribution >= 0.6 is 0 Å². The topological polar surface area (TPSA) is 67.9 Å². The maximum Gasteiger partial charge on any atom is 0.244 e. The number of fused-ring (bicyclic) bond motifs is 1. The predicted molar refractivity (Wildman–Crippen MR) is 90.4 cm³/mol. The van der Waals surface area contributed by atoms with Gasteiger partial charge in [0.2, 0.25) is 18.6 Å². The number of rotatable bonds is 4. The van der Waals surface area contributed by atoms with Gasteiger partial charge in [-0.05, 0) is 30.7 Å². The first-order valence-corrected chi connectivity index (χ1v) is 7.58. The molecule has 0 aliphatic carbocycles. The van der Waals surface area contributed by atoms with E-state index in [0.717, 1.165) is 11.3 Å². The Morgan fingerprint density at radius 2 is 1.88 bits per heavy atom. The number of para-hydroxylation sites is 1. The molecule has 0 bridgehead atoms. The summed E-state index contributed by atoms with van der Waals surface area (Å²) >= 11 is 0. The van der Waals surface area contributed by atoms with Crippen LogP contribution in [0, 0.1) is 6.92 Å². The molecular weight excluding hydrogens is 308 g/mol. The number of carbonyl (C=O) groups is 2. The van der Waals surface area contributed by atoms with Crippen molar-refractivity contribution in [3.63, 3.8) is 0 Å². The average Bonchev–Trinajstić information content (AvgIpc) is 3.01. The van der Waals surface area contributed by atoms with E-state index >= 15 is 0 Å². The van der Waals surface area contributed by atoms with E-state index in [1.54, 1.807) is 18.2 Å². The van der Waals surface area contributed by atoms with Crippen molar-refractivity contribution >= 4 is 23.2 Å². The smallest absolute Gasteiger partial charge is 0.244 e. The second-order valence-electron chi connectivity index (χ2n) is 5.51. The van der Waals surface area contributed by atoms with Crippen LogP contribution in [-0.2, 0) is 9.59 Å². The van der Waals surface area contributed by atoms with Crippen molar-refractivity contribution in [3.8, 4) is 11.5 Å². The molecule has 1 aliphatic heterocycles. The zero-order chi connectivity index (χ0) is 17.1. The van der Waals surface area contributed by atoms with E-state index in [4.69, 9.17) is 9.47 Å². The monoisotopic (exact) mass is 326 g/mol. The largest absolute Gasteiger partial charge is 0.454 e. The summed E-state index contributed by atoms with van der Waals surface area (Å²) in [5.74, 6) is 0.769. The van der Waals surface area contributed by atoms with Crippen LogP contribution in [0.25, 0.3) is 0 Å². The molecule has 2 aromatic rings. The van der Waals surface area contributed by atoms with Crippen LogP contribution < -0.4 is 19.7 Å². The van der Waals surface area contributed by atoms with Crippen LogP contribution in [0.4, 0.5) is 11.4 Å². The molecule has 3 rings (SSSR count). The molecule has 0 fully saturated rings. The minimum absolute atomic E-state index is 0.0609. The van der Waals surface area contributed by atoms with E-state index in [1.807, 2.05) is 31.2 Å². The van der Waals surface area contributed by atoms with E-state index in [9.17, 15) is 9.59 Å². The molecule has 2 amide bonds. The maximum absolute atomic E-state index is 12.3. The summed E-state index contributed by atoms with van der Waals surface area (Å²) in [6, 6.07) is 12.6. The molecule has 0 atom stereocenters. The summed E-state index contributed by atoms with van der Waals surface area (Å²) in [5, 5.41) is 2.78. The van der Waals surface area contributed by atoms with E-state index in [1.165, 1.54) is 11.8 Å². The molecule has 0 saturated carbocycles. The summed E-state index contributed by atoms with van der Waals surface area (Å²) < 4.78 is 10.5. The summed E-state index contributed by atoms with van der Waals surface area (Å²) in [6.07, 6.45) is 0. The van der Waals surface area contributed by atoms with E-state index in [2.05, 4.69) is 5.32 Å². The third-order valence-electron chi connectivity index (χ3n) is 3.74. The lowest BCUT2D eigenvalue weighted by molar-refractivity contribution is -0.120. The molecule has 0 saturated heterocycles. The molecule has 2 aromatic carbocycles. The highest BCUT2D eigenvalue weighted by molar-refractivity contribution is 6.02. The van der Waals surface area contributed by atoms with Crippen molar-refractivity contribution in [1.29, 1.82) is 0 Å². The van der Waals surface area contributed by atoms with Crippen molar-refractivity contribution in [3.05, 3.63) is 48.0 Å². The number of aryl methyl sites for hydroxylation is 1. The SMILES string of the molecule is CC(=O)N(CC(=O)Nc1ccc2c(c1)OCO2)c1ccccc1C. The van der Waals surface area contributed by atoms with Crippen LogP contribution in [-0.4, -0.2) is 25.2 Å². The van der Waals surface area contributed by atoms with Gasteiger partial charge < -0.3 is 19.7 Å². The summed E-state index contributed by atoms with van der Waals surface area (Å²) in [6.45, 7) is 3.47. The van der Waals surface area contributed by atoms with E-state index in [-0.39, 0.29) is 25.2 Å². The number of benzene rings is 2.